The maximum atomic E-state index is 12.6. The van der Waals surface area contributed by atoms with Crippen LogP contribution < -0.4 is 5.32 Å². The second-order valence-electron chi connectivity index (χ2n) is 5.01. The van der Waals surface area contributed by atoms with Crippen LogP contribution in [0, 0.1) is 0 Å². The number of para-hydroxylation sites is 1. The molecule has 0 bridgehead atoms. The first-order chi connectivity index (χ1) is 8.81. The van der Waals surface area contributed by atoms with Gasteiger partial charge >= 0.3 is 0 Å². The van der Waals surface area contributed by atoms with Gasteiger partial charge in [-0.15, -0.1) is 0 Å². The Kier molecular flexibility index (Phi) is 2.96. The summed E-state index contributed by atoms with van der Waals surface area (Å²) in [5.41, 5.74) is 2.15. The minimum absolute atomic E-state index is 0.0457. The van der Waals surface area contributed by atoms with Crippen molar-refractivity contribution in [3.05, 3.63) is 29.8 Å². The lowest BCUT2D eigenvalue weighted by Gasteiger charge is -2.24. The number of aliphatic hydroxyl groups is 1. The van der Waals surface area contributed by atoms with E-state index >= 15 is 0 Å². The fraction of sp³-hybridized carbons (Fsp3) is 0.500. The summed E-state index contributed by atoms with van der Waals surface area (Å²) in [7, 11) is 0. The van der Waals surface area contributed by atoms with E-state index in [2.05, 4.69) is 5.32 Å². The Balaban J connectivity index is 1.80. The number of benzene rings is 1. The first kappa shape index (κ1) is 11.5. The summed E-state index contributed by atoms with van der Waals surface area (Å²) in [4.78, 5) is 14.4. The molecule has 1 aromatic carbocycles. The van der Waals surface area contributed by atoms with E-state index in [1.165, 1.54) is 0 Å². The average molecular weight is 246 g/mol. The normalized spacial score (nSPS) is 21.3. The van der Waals surface area contributed by atoms with Crippen molar-refractivity contribution < 1.29 is 9.90 Å². The molecule has 1 saturated carbocycles. The number of anilines is 1. The Bertz CT molecular complexity index is 457. The molecular weight excluding hydrogens is 228 g/mol. The molecule has 0 aromatic heterocycles. The Hall–Kier alpha value is -1.55. The number of fused-ring (bicyclic) bond motifs is 1. The summed E-state index contributed by atoms with van der Waals surface area (Å²) in [5.74, 6) is 0.0670. The van der Waals surface area contributed by atoms with Crippen molar-refractivity contribution in [3.8, 4) is 0 Å². The van der Waals surface area contributed by atoms with Crippen LogP contribution in [0.2, 0.25) is 0 Å². The van der Waals surface area contributed by atoms with Gasteiger partial charge in [-0.05, 0) is 24.5 Å². The minimum Gasteiger partial charge on any atom is -0.395 e. The molecule has 1 unspecified atom stereocenters. The molecule has 1 aromatic rings. The predicted molar refractivity (Wildman–Crippen MR) is 69.5 cm³/mol. The highest BCUT2D eigenvalue weighted by Gasteiger charge is 2.38. The van der Waals surface area contributed by atoms with E-state index in [0.717, 1.165) is 24.1 Å². The number of aliphatic hydroxyl groups excluding tert-OH is 1. The summed E-state index contributed by atoms with van der Waals surface area (Å²) in [5, 5.41) is 12.4. The summed E-state index contributed by atoms with van der Waals surface area (Å²) < 4.78 is 0. The van der Waals surface area contributed by atoms with Crippen LogP contribution in [-0.2, 0) is 4.79 Å². The van der Waals surface area contributed by atoms with Gasteiger partial charge in [0.15, 0.2) is 0 Å². The van der Waals surface area contributed by atoms with Crippen molar-refractivity contribution in [1.82, 2.24) is 4.90 Å². The molecule has 4 heteroatoms. The molecule has 2 N–H and O–H groups in total. The highest BCUT2D eigenvalue weighted by Crippen LogP contribution is 2.35. The lowest BCUT2D eigenvalue weighted by Crippen LogP contribution is -2.39. The van der Waals surface area contributed by atoms with Gasteiger partial charge in [0.1, 0.15) is 0 Å². The third kappa shape index (κ3) is 1.97. The predicted octanol–water partition coefficient (Wildman–Crippen LogP) is 1.18. The van der Waals surface area contributed by atoms with Crippen molar-refractivity contribution in [2.45, 2.75) is 24.8 Å². The summed E-state index contributed by atoms with van der Waals surface area (Å²) >= 11 is 0. The van der Waals surface area contributed by atoms with Crippen molar-refractivity contribution in [2.75, 3.05) is 25.0 Å². The van der Waals surface area contributed by atoms with Gasteiger partial charge in [0.2, 0.25) is 5.91 Å². The molecule has 1 aliphatic carbocycles. The van der Waals surface area contributed by atoms with Crippen LogP contribution in [0.1, 0.15) is 24.3 Å². The Morgan fingerprint density at radius 3 is 2.89 bits per heavy atom. The maximum absolute atomic E-state index is 12.6. The van der Waals surface area contributed by atoms with Crippen molar-refractivity contribution >= 4 is 11.6 Å². The molecule has 18 heavy (non-hydrogen) atoms. The molecule has 0 saturated heterocycles. The molecular formula is C14H18N2O2. The molecule has 96 valence electrons. The fourth-order valence-electron chi connectivity index (χ4n) is 2.67. The van der Waals surface area contributed by atoms with Gasteiger partial charge in [-0.2, -0.15) is 0 Å². The standard InChI is InChI=1S/C14H18N2O2/c17-8-7-16(10-5-6-10)14(18)12-9-15-13-4-2-1-3-11(12)13/h1-4,10,12,15,17H,5-9H2. The van der Waals surface area contributed by atoms with Gasteiger partial charge in [0, 0.05) is 24.8 Å². The first-order valence-electron chi connectivity index (χ1n) is 6.55. The van der Waals surface area contributed by atoms with Crippen LogP contribution in [0.4, 0.5) is 5.69 Å². The van der Waals surface area contributed by atoms with Crippen LogP contribution in [0.3, 0.4) is 0 Å². The SMILES string of the molecule is O=C(C1CNc2ccccc21)N(CCO)C1CC1. The van der Waals surface area contributed by atoms with Gasteiger partial charge in [0.25, 0.3) is 0 Å². The van der Waals surface area contributed by atoms with E-state index in [1.807, 2.05) is 29.2 Å². The minimum atomic E-state index is -0.0895. The number of hydrogen-bond donors (Lipinski definition) is 2. The zero-order valence-electron chi connectivity index (χ0n) is 10.3. The maximum Gasteiger partial charge on any atom is 0.232 e. The number of nitrogens with one attached hydrogen (secondary N) is 1. The number of amides is 1. The highest BCUT2D eigenvalue weighted by atomic mass is 16.3. The third-order valence-corrected chi connectivity index (χ3v) is 3.74. The molecule has 1 aliphatic heterocycles. The summed E-state index contributed by atoms with van der Waals surface area (Å²) in [6, 6.07) is 8.33. The molecule has 0 radical (unpaired) electrons. The zero-order chi connectivity index (χ0) is 12.5. The van der Waals surface area contributed by atoms with Crippen LogP contribution in [0.25, 0.3) is 0 Å². The molecule has 2 aliphatic rings. The lowest BCUT2D eigenvalue weighted by atomic mass is 10.00. The van der Waals surface area contributed by atoms with Crippen LogP contribution in [-0.4, -0.2) is 41.7 Å². The number of rotatable bonds is 4. The van der Waals surface area contributed by atoms with Crippen molar-refractivity contribution in [1.29, 1.82) is 0 Å². The average Bonchev–Trinajstić information content (AvgIpc) is 3.14. The molecule has 0 spiro atoms. The largest absolute Gasteiger partial charge is 0.395 e. The Morgan fingerprint density at radius 2 is 2.17 bits per heavy atom. The third-order valence-electron chi connectivity index (χ3n) is 3.74. The second-order valence-corrected chi connectivity index (χ2v) is 5.01. The van der Waals surface area contributed by atoms with Crippen LogP contribution in [0.5, 0.6) is 0 Å². The molecule has 1 amide bonds. The van der Waals surface area contributed by atoms with E-state index in [9.17, 15) is 4.79 Å². The monoisotopic (exact) mass is 246 g/mol. The Morgan fingerprint density at radius 1 is 1.39 bits per heavy atom. The molecule has 1 fully saturated rings. The van der Waals surface area contributed by atoms with Crippen molar-refractivity contribution in [2.24, 2.45) is 0 Å². The number of carbonyl (C=O) groups is 1. The number of nitrogens with zero attached hydrogens (tertiary/aromatic N) is 1. The topological polar surface area (TPSA) is 52.6 Å². The summed E-state index contributed by atoms with van der Waals surface area (Å²) in [6.45, 7) is 1.18. The van der Waals surface area contributed by atoms with Crippen LogP contribution in [0.15, 0.2) is 24.3 Å². The van der Waals surface area contributed by atoms with E-state index in [1.54, 1.807) is 0 Å². The molecule has 4 nitrogen and oxygen atoms in total. The highest BCUT2D eigenvalue weighted by molar-refractivity contribution is 5.88. The Labute approximate surface area is 107 Å². The molecule has 1 atom stereocenters. The quantitative estimate of drug-likeness (QED) is 0.838. The van der Waals surface area contributed by atoms with Gasteiger partial charge in [-0.1, -0.05) is 18.2 Å². The summed E-state index contributed by atoms with van der Waals surface area (Å²) in [6.07, 6.45) is 2.15. The second kappa shape index (κ2) is 4.61. The van der Waals surface area contributed by atoms with Gasteiger partial charge < -0.3 is 15.3 Å². The van der Waals surface area contributed by atoms with E-state index < -0.39 is 0 Å². The van der Waals surface area contributed by atoms with Gasteiger partial charge in [-0.3, -0.25) is 4.79 Å². The molecule has 1 heterocycles. The smallest absolute Gasteiger partial charge is 0.232 e. The zero-order valence-corrected chi connectivity index (χ0v) is 10.3. The molecule has 3 rings (SSSR count). The number of carbonyl (C=O) groups excluding carboxylic acids is 1. The van der Waals surface area contributed by atoms with E-state index in [-0.39, 0.29) is 18.4 Å². The fourth-order valence-corrected chi connectivity index (χ4v) is 2.67. The van der Waals surface area contributed by atoms with Crippen LogP contribution >= 0.6 is 0 Å². The van der Waals surface area contributed by atoms with Gasteiger partial charge in [-0.25, -0.2) is 0 Å². The van der Waals surface area contributed by atoms with Crippen molar-refractivity contribution in [3.63, 3.8) is 0 Å². The van der Waals surface area contributed by atoms with Gasteiger partial charge in [0.05, 0.1) is 12.5 Å². The number of hydrogen-bond acceptors (Lipinski definition) is 3. The van der Waals surface area contributed by atoms with E-state index in [0.29, 0.717) is 19.1 Å². The first-order valence-corrected chi connectivity index (χ1v) is 6.55. The van der Waals surface area contributed by atoms with E-state index in [4.69, 9.17) is 5.11 Å². The lowest BCUT2D eigenvalue weighted by molar-refractivity contribution is -0.133.